The molecule has 0 spiro atoms. The lowest BCUT2D eigenvalue weighted by Gasteiger charge is -2.69. The van der Waals surface area contributed by atoms with Crippen molar-refractivity contribution in [2.45, 2.75) is 80.1 Å². The van der Waals surface area contributed by atoms with E-state index in [1.54, 1.807) is 0 Å². The molecule has 4 aliphatic carbocycles. The van der Waals surface area contributed by atoms with Gasteiger partial charge < -0.3 is 5.11 Å². The molecular weight excluding hydrogens is 360 g/mol. The van der Waals surface area contributed by atoms with E-state index in [9.17, 15) is 14.7 Å². The van der Waals surface area contributed by atoms with Crippen molar-refractivity contribution in [3.63, 3.8) is 0 Å². The Labute approximate surface area is 175 Å². The fraction of sp³-hybridized carbons (Fsp3) is 0.692. The number of carboxylic acid groups (broad SMARTS) is 1. The number of carbonyl (C=O) groups is 2. The maximum Gasteiger partial charge on any atom is 0.328 e. The first kappa shape index (κ1) is 20.6. The van der Waals surface area contributed by atoms with E-state index in [0.717, 1.165) is 49.7 Å². The summed E-state index contributed by atoms with van der Waals surface area (Å²) < 4.78 is 0. The number of aliphatic carboxylic acids is 1. The number of ketones is 1. The molecule has 3 saturated carbocycles. The van der Waals surface area contributed by atoms with Crippen molar-refractivity contribution < 1.29 is 14.7 Å². The molecule has 1 N–H and O–H groups in total. The van der Waals surface area contributed by atoms with Gasteiger partial charge in [-0.15, -0.1) is 0 Å². The molecule has 0 radical (unpaired) electrons. The van der Waals surface area contributed by atoms with Gasteiger partial charge in [-0.2, -0.15) is 0 Å². The van der Waals surface area contributed by atoms with Crippen LogP contribution in [0.4, 0.5) is 0 Å². The summed E-state index contributed by atoms with van der Waals surface area (Å²) >= 11 is 0. The van der Waals surface area contributed by atoms with Gasteiger partial charge in [-0.05, 0) is 72.3 Å². The van der Waals surface area contributed by atoms with Crippen molar-refractivity contribution >= 4 is 11.8 Å². The number of fused-ring (bicyclic) bond motifs is 5. The molecule has 3 heteroatoms. The monoisotopic (exact) mass is 396 g/mol. The summed E-state index contributed by atoms with van der Waals surface area (Å²) in [6, 6.07) is 0. The number of hydrogen-bond acceptors (Lipinski definition) is 2. The summed E-state index contributed by atoms with van der Waals surface area (Å²) in [5, 5.41) is 9.52. The van der Waals surface area contributed by atoms with Gasteiger partial charge in [-0.3, -0.25) is 4.79 Å². The van der Waals surface area contributed by atoms with Crippen LogP contribution in [0.15, 0.2) is 34.9 Å². The predicted molar refractivity (Wildman–Crippen MR) is 115 cm³/mol. The largest absolute Gasteiger partial charge is 0.478 e. The first-order valence-electron chi connectivity index (χ1n) is 11.3. The van der Waals surface area contributed by atoms with E-state index in [0.29, 0.717) is 11.7 Å². The summed E-state index contributed by atoms with van der Waals surface area (Å²) in [4.78, 5) is 24.2. The molecule has 0 bridgehead atoms. The van der Waals surface area contributed by atoms with Crippen molar-refractivity contribution in [3.05, 3.63) is 34.9 Å². The Kier molecular flexibility index (Phi) is 4.40. The SMILES string of the molecule is CC1=CC=C2[C@@](C)(CC[C@@]3(C)[C@@H]4C[C@@H](C)C(=O)C[C@]4(C)CC[C@]23C)C1=CC(=O)O. The van der Waals surface area contributed by atoms with Gasteiger partial charge in [-0.1, -0.05) is 52.3 Å². The summed E-state index contributed by atoms with van der Waals surface area (Å²) in [7, 11) is 0. The smallest absolute Gasteiger partial charge is 0.328 e. The number of allylic oxidation sites excluding steroid dienone is 5. The van der Waals surface area contributed by atoms with Crippen LogP contribution in [0, 0.1) is 33.5 Å². The zero-order valence-corrected chi connectivity index (χ0v) is 18.9. The zero-order valence-electron chi connectivity index (χ0n) is 18.9. The highest BCUT2D eigenvalue weighted by molar-refractivity contribution is 5.83. The van der Waals surface area contributed by atoms with Gasteiger partial charge in [0, 0.05) is 23.8 Å². The lowest BCUT2D eigenvalue weighted by Crippen LogP contribution is -2.61. The third-order valence-corrected chi connectivity index (χ3v) is 9.90. The van der Waals surface area contributed by atoms with Crippen LogP contribution in [-0.4, -0.2) is 16.9 Å². The quantitative estimate of drug-likeness (QED) is 0.544. The Morgan fingerprint density at radius 3 is 2.45 bits per heavy atom. The maximum absolute atomic E-state index is 12.6. The van der Waals surface area contributed by atoms with Gasteiger partial charge in [0.05, 0.1) is 0 Å². The zero-order chi connectivity index (χ0) is 21.4. The molecule has 0 saturated heterocycles. The van der Waals surface area contributed by atoms with E-state index in [1.165, 1.54) is 11.6 Å². The van der Waals surface area contributed by atoms with Crippen molar-refractivity contribution in [2.24, 2.45) is 33.5 Å². The average Bonchev–Trinajstić information content (AvgIpc) is 2.62. The van der Waals surface area contributed by atoms with Crippen LogP contribution in [0.1, 0.15) is 80.1 Å². The average molecular weight is 397 g/mol. The van der Waals surface area contributed by atoms with Crippen LogP contribution in [-0.2, 0) is 9.59 Å². The van der Waals surface area contributed by atoms with Crippen molar-refractivity contribution in [1.29, 1.82) is 0 Å². The molecule has 0 aliphatic heterocycles. The molecule has 6 atom stereocenters. The molecule has 0 unspecified atom stereocenters. The molecule has 158 valence electrons. The van der Waals surface area contributed by atoms with E-state index in [-0.39, 0.29) is 27.6 Å². The molecular formula is C26H36O3. The fourth-order valence-electron chi connectivity index (χ4n) is 7.89. The highest BCUT2D eigenvalue weighted by Gasteiger charge is 2.66. The van der Waals surface area contributed by atoms with E-state index < -0.39 is 5.97 Å². The number of carbonyl (C=O) groups excluding carboxylic acids is 1. The number of carboxylic acids is 1. The minimum Gasteiger partial charge on any atom is -0.478 e. The Morgan fingerprint density at radius 2 is 1.79 bits per heavy atom. The Balaban J connectivity index is 1.84. The Morgan fingerprint density at radius 1 is 1.10 bits per heavy atom. The van der Waals surface area contributed by atoms with Crippen LogP contribution in [0.2, 0.25) is 0 Å². The maximum atomic E-state index is 12.6. The summed E-state index contributed by atoms with van der Waals surface area (Å²) in [5.41, 5.74) is 3.52. The molecule has 0 amide bonds. The molecule has 0 aromatic heterocycles. The van der Waals surface area contributed by atoms with Crippen molar-refractivity contribution in [2.75, 3.05) is 0 Å². The molecule has 0 aromatic rings. The molecule has 29 heavy (non-hydrogen) atoms. The second-order valence-corrected chi connectivity index (χ2v) is 11.4. The lowest BCUT2D eigenvalue weighted by atomic mass is 9.35. The van der Waals surface area contributed by atoms with Crippen LogP contribution in [0.5, 0.6) is 0 Å². The summed E-state index contributed by atoms with van der Waals surface area (Å²) in [6.45, 7) is 13.7. The minimum absolute atomic E-state index is 0.0269. The van der Waals surface area contributed by atoms with E-state index in [1.807, 2.05) is 6.92 Å². The third kappa shape index (κ3) is 2.61. The molecule has 3 nitrogen and oxygen atoms in total. The van der Waals surface area contributed by atoms with Crippen molar-refractivity contribution in [3.8, 4) is 0 Å². The third-order valence-electron chi connectivity index (χ3n) is 9.90. The fourth-order valence-corrected chi connectivity index (χ4v) is 7.89. The highest BCUT2D eigenvalue weighted by atomic mass is 16.4. The molecule has 3 fully saturated rings. The van der Waals surface area contributed by atoms with Gasteiger partial charge >= 0.3 is 5.97 Å². The van der Waals surface area contributed by atoms with Gasteiger partial charge in [0.25, 0.3) is 0 Å². The normalized spacial score (nSPS) is 48.2. The van der Waals surface area contributed by atoms with Gasteiger partial charge in [0.1, 0.15) is 5.78 Å². The van der Waals surface area contributed by atoms with Crippen LogP contribution >= 0.6 is 0 Å². The van der Waals surface area contributed by atoms with Crippen LogP contribution < -0.4 is 0 Å². The van der Waals surface area contributed by atoms with Crippen molar-refractivity contribution in [1.82, 2.24) is 0 Å². The van der Waals surface area contributed by atoms with E-state index in [2.05, 4.69) is 46.8 Å². The lowest BCUT2D eigenvalue weighted by molar-refractivity contribution is -0.161. The number of Topliss-reactive ketones (excluding diaryl/α,β-unsaturated/α-hetero) is 1. The van der Waals surface area contributed by atoms with Gasteiger partial charge in [-0.25, -0.2) is 4.79 Å². The molecule has 0 aromatic carbocycles. The first-order chi connectivity index (χ1) is 13.4. The topological polar surface area (TPSA) is 54.4 Å². The second-order valence-electron chi connectivity index (χ2n) is 11.4. The molecule has 4 aliphatic rings. The minimum atomic E-state index is -0.857. The highest BCUT2D eigenvalue weighted by Crippen LogP contribution is 2.74. The van der Waals surface area contributed by atoms with Crippen LogP contribution in [0.25, 0.3) is 0 Å². The Bertz CT molecular complexity index is 876. The summed E-state index contributed by atoms with van der Waals surface area (Å²) in [5.74, 6) is 0.277. The molecule has 0 heterocycles. The van der Waals surface area contributed by atoms with Gasteiger partial charge in [0.2, 0.25) is 0 Å². The second kappa shape index (κ2) is 6.18. The van der Waals surface area contributed by atoms with E-state index >= 15 is 0 Å². The number of hydrogen-bond donors (Lipinski definition) is 1. The standard InChI is InChI=1S/C26H36O3/c1-16-7-8-20-24(4,18(16)14-22(28)29)10-12-26(6)21-13-17(2)19(27)15-23(21,3)9-11-25(20,26)5/h7-8,14,17,21H,9-13,15H2,1-6H3,(H,28,29)/t17-,21-,23+,24+,25-,26+/m1/s1. The van der Waals surface area contributed by atoms with E-state index in [4.69, 9.17) is 0 Å². The van der Waals surface area contributed by atoms with Gasteiger partial charge in [0.15, 0.2) is 0 Å². The first-order valence-corrected chi connectivity index (χ1v) is 11.3. The molecule has 4 rings (SSSR count). The number of rotatable bonds is 1. The van der Waals surface area contributed by atoms with Crippen LogP contribution in [0.3, 0.4) is 0 Å². The predicted octanol–water partition coefficient (Wildman–Crippen LogP) is 6.11. The Hall–Kier alpha value is -1.64. The summed E-state index contributed by atoms with van der Waals surface area (Å²) in [6.07, 6.45) is 11.8.